The smallest absolute Gasteiger partial charge is 0.304 e. The van der Waals surface area contributed by atoms with Gasteiger partial charge in [-0.25, -0.2) is 9.71 Å². The molecule has 1 saturated heterocycles. The monoisotopic (exact) mass is 300 g/mol. The Balaban J connectivity index is 1.89. The molecule has 0 amide bonds. The van der Waals surface area contributed by atoms with E-state index in [9.17, 15) is 8.42 Å². The molecule has 0 atom stereocenters. The molecule has 20 heavy (non-hydrogen) atoms. The molecule has 0 saturated carbocycles. The lowest BCUT2D eigenvalue weighted by Gasteiger charge is -2.30. The summed E-state index contributed by atoms with van der Waals surface area (Å²) in [5, 5.41) is 10.5. The Hall–Kier alpha value is -1.32. The molecule has 9 heteroatoms. The zero-order valence-corrected chi connectivity index (χ0v) is 12.3. The highest BCUT2D eigenvalue weighted by atomic mass is 32.2. The minimum absolute atomic E-state index is 0.00210. The lowest BCUT2D eigenvalue weighted by Crippen LogP contribution is -2.43. The first-order valence-corrected chi connectivity index (χ1v) is 8.18. The molecule has 1 aromatic rings. The van der Waals surface area contributed by atoms with E-state index in [1.807, 2.05) is 0 Å². The van der Waals surface area contributed by atoms with Crippen molar-refractivity contribution in [3.8, 4) is 0 Å². The van der Waals surface area contributed by atoms with Crippen LogP contribution in [0.3, 0.4) is 0 Å². The number of hydrogen-bond acceptors (Lipinski definition) is 6. The van der Waals surface area contributed by atoms with E-state index in [4.69, 9.17) is 0 Å². The molecular formula is C11H20N6O2S. The summed E-state index contributed by atoms with van der Waals surface area (Å²) in [7, 11) is -3.58. The van der Waals surface area contributed by atoms with Gasteiger partial charge in [-0.2, -0.15) is 17.8 Å². The van der Waals surface area contributed by atoms with Gasteiger partial charge in [0, 0.05) is 13.1 Å². The van der Waals surface area contributed by atoms with Crippen LogP contribution in [0.5, 0.6) is 0 Å². The Labute approximate surface area is 119 Å². The van der Waals surface area contributed by atoms with Gasteiger partial charge in [0.2, 0.25) is 0 Å². The van der Waals surface area contributed by atoms with Gasteiger partial charge in [-0.05, 0) is 31.8 Å². The SMILES string of the molecule is CCNCC1CCN(S(=O)(=O)Nc2nccnn2)CC1. The predicted molar refractivity (Wildman–Crippen MR) is 75.2 cm³/mol. The van der Waals surface area contributed by atoms with E-state index in [2.05, 4.69) is 32.1 Å². The maximum absolute atomic E-state index is 12.2. The number of piperidine rings is 1. The number of nitrogens with one attached hydrogen (secondary N) is 2. The van der Waals surface area contributed by atoms with Crippen LogP contribution >= 0.6 is 0 Å². The van der Waals surface area contributed by atoms with Gasteiger partial charge in [-0.1, -0.05) is 6.92 Å². The number of aromatic nitrogens is 3. The van der Waals surface area contributed by atoms with Crippen molar-refractivity contribution in [3.63, 3.8) is 0 Å². The summed E-state index contributed by atoms with van der Waals surface area (Å²) in [6.07, 6.45) is 4.52. The number of hydrogen-bond donors (Lipinski definition) is 2. The molecule has 1 fully saturated rings. The van der Waals surface area contributed by atoms with Crippen molar-refractivity contribution in [1.29, 1.82) is 0 Å². The molecule has 0 aliphatic carbocycles. The number of nitrogens with zero attached hydrogens (tertiary/aromatic N) is 4. The lowest BCUT2D eigenvalue weighted by atomic mass is 9.98. The Morgan fingerprint density at radius 2 is 2.10 bits per heavy atom. The van der Waals surface area contributed by atoms with Crippen LogP contribution in [0, 0.1) is 5.92 Å². The van der Waals surface area contributed by atoms with E-state index in [-0.39, 0.29) is 5.95 Å². The van der Waals surface area contributed by atoms with Gasteiger partial charge in [-0.15, -0.1) is 5.10 Å². The minimum Gasteiger partial charge on any atom is -0.317 e. The van der Waals surface area contributed by atoms with Crippen molar-refractivity contribution in [2.75, 3.05) is 30.9 Å². The average molecular weight is 300 g/mol. The van der Waals surface area contributed by atoms with E-state index >= 15 is 0 Å². The zero-order valence-electron chi connectivity index (χ0n) is 11.5. The van der Waals surface area contributed by atoms with E-state index in [0.29, 0.717) is 19.0 Å². The predicted octanol–water partition coefficient (Wildman–Crippen LogP) is -0.150. The summed E-state index contributed by atoms with van der Waals surface area (Å²) in [4.78, 5) is 3.81. The van der Waals surface area contributed by atoms with E-state index in [0.717, 1.165) is 25.9 Å². The highest BCUT2D eigenvalue weighted by molar-refractivity contribution is 7.90. The molecule has 2 heterocycles. The Kier molecular flexibility index (Phi) is 5.21. The fraction of sp³-hybridized carbons (Fsp3) is 0.727. The molecule has 2 N–H and O–H groups in total. The van der Waals surface area contributed by atoms with Crippen LogP contribution in [0.25, 0.3) is 0 Å². The largest absolute Gasteiger partial charge is 0.317 e. The number of rotatable bonds is 6. The van der Waals surface area contributed by atoms with Gasteiger partial charge in [0.05, 0.1) is 12.4 Å². The zero-order chi connectivity index (χ0) is 14.4. The third-order valence-electron chi connectivity index (χ3n) is 3.30. The van der Waals surface area contributed by atoms with Gasteiger partial charge in [0.1, 0.15) is 0 Å². The maximum Gasteiger partial charge on any atom is 0.304 e. The topological polar surface area (TPSA) is 100 Å². The molecule has 0 spiro atoms. The second-order valence-electron chi connectivity index (χ2n) is 4.72. The molecule has 2 rings (SSSR count). The molecule has 1 aliphatic rings. The molecule has 1 aliphatic heterocycles. The third-order valence-corrected chi connectivity index (χ3v) is 4.78. The second-order valence-corrected chi connectivity index (χ2v) is 6.39. The van der Waals surface area contributed by atoms with Crippen LogP contribution in [0.1, 0.15) is 19.8 Å². The number of anilines is 1. The summed E-state index contributed by atoms with van der Waals surface area (Å²) in [5.74, 6) is 0.540. The van der Waals surface area contributed by atoms with Crippen LogP contribution in [-0.4, -0.2) is 54.1 Å². The van der Waals surface area contributed by atoms with Gasteiger partial charge in [0.15, 0.2) is 0 Å². The molecular weight excluding hydrogens is 280 g/mol. The van der Waals surface area contributed by atoms with Crippen LogP contribution in [0.2, 0.25) is 0 Å². The first-order chi connectivity index (χ1) is 9.62. The molecule has 0 aromatic carbocycles. The molecule has 1 aromatic heterocycles. The first-order valence-electron chi connectivity index (χ1n) is 6.74. The fourth-order valence-corrected chi connectivity index (χ4v) is 3.32. The molecule has 8 nitrogen and oxygen atoms in total. The van der Waals surface area contributed by atoms with Crippen LogP contribution < -0.4 is 10.0 Å². The summed E-state index contributed by atoms with van der Waals surface area (Å²) in [5.41, 5.74) is 0. The maximum atomic E-state index is 12.2. The molecule has 0 unspecified atom stereocenters. The van der Waals surface area contributed by atoms with Crippen LogP contribution in [-0.2, 0) is 10.2 Å². The Bertz CT molecular complexity index is 501. The normalized spacial score (nSPS) is 18.1. The fourth-order valence-electron chi connectivity index (χ4n) is 2.18. The summed E-state index contributed by atoms with van der Waals surface area (Å²) < 4.78 is 28.1. The van der Waals surface area contributed by atoms with Crippen molar-refractivity contribution >= 4 is 16.2 Å². The van der Waals surface area contributed by atoms with Crippen molar-refractivity contribution in [1.82, 2.24) is 24.8 Å². The lowest BCUT2D eigenvalue weighted by molar-refractivity contribution is 0.269. The molecule has 112 valence electrons. The Morgan fingerprint density at radius 1 is 1.35 bits per heavy atom. The van der Waals surface area contributed by atoms with Crippen LogP contribution in [0.15, 0.2) is 12.4 Å². The van der Waals surface area contributed by atoms with E-state index in [1.165, 1.54) is 16.7 Å². The van der Waals surface area contributed by atoms with E-state index in [1.54, 1.807) is 0 Å². The second kappa shape index (κ2) is 6.91. The minimum atomic E-state index is -3.58. The summed E-state index contributed by atoms with van der Waals surface area (Å²) in [6, 6.07) is 0. The first kappa shape index (κ1) is 15.1. The van der Waals surface area contributed by atoms with Crippen molar-refractivity contribution in [3.05, 3.63) is 12.4 Å². The molecule has 0 bridgehead atoms. The average Bonchev–Trinajstić information content (AvgIpc) is 2.46. The van der Waals surface area contributed by atoms with Gasteiger partial charge >= 0.3 is 10.2 Å². The summed E-state index contributed by atoms with van der Waals surface area (Å²) >= 11 is 0. The Morgan fingerprint density at radius 3 is 2.70 bits per heavy atom. The highest BCUT2D eigenvalue weighted by Crippen LogP contribution is 2.19. The quantitative estimate of drug-likeness (QED) is 0.758. The highest BCUT2D eigenvalue weighted by Gasteiger charge is 2.28. The van der Waals surface area contributed by atoms with E-state index < -0.39 is 10.2 Å². The van der Waals surface area contributed by atoms with Gasteiger partial charge in [0.25, 0.3) is 5.95 Å². The van der Waals surface area contributed by atoms with Gasteiger partial charge in [-0.3, -0.25) is 0 Å². The third kappa shape index (κ3) is 4.09. The van der Waals surface area contributed by atoms with Crippen molar-refractivity contribution in [2.45, 2.75) is 19.8 Å². The summed E-state index contributed by atoms with van der Waals surface area (Å²) in [6.45, 7) is 5.00. The van der Waals surface area contributed by atoms with Crippen molar-refractivity contribution < 1.29 is 8.42 Å². The molecule has 0 radical (unpaired) electrons. The van der Waals surface area contributed by atoms with Crippen LogP contribution in [0.4, 0.5) is 5.95 Å². The standard InChI is InChI=1S/C11H20N6O2S/c1-2-12-9-10-3-7-17(8-4-10)20(18,19)16-11-13-5-6-14-15-11/h5-6,10,12H,2-4,7-9H2,1H3,(H,13,15,16). The van der Waals surface area contributed by atoms with Gasteiger partial charge < -0.3 is 5.32 Å². The van der Waals surface area contributed by atoms with Crippen molar-refractivity contribution in [2.24, 2.45) is 5.92 Å².